The SMILES string of the molecule is COC(=O)c1cc2cccc(N3C[C@@H](C)n4c(c(CCCOc5cc(C)c(Cl)c(C)c5)c5ccc(Cl)c(-c6c(C)nn(C)c6C)c54)C3=O)c2[nH]1. The molecule has 258 valence electrons. The summed E-state index contributed by atoms with van der Waals surface area (Å²) in [7, 11) is 3.28. The lowest BCUT2D eigenvalue weighted by Gasteiger charge is -2.34. The number of rotatable bonds is 8. The molecule has 3 aromatic carbocycles. The number of amides is 1. The van der Waals surface area contributed by atoms with Crippen molar-refractivity contribution in [2.45, 2.75) is 53.5 Å². The van der Waals surface area contributed by atoms with E-state index in [1.54, 1.807) is 6.07 Å². The Labute approximate surface area is 300 Å². The van der Waals surface area contributed by atoms with E-state index in [1.165, 1.54) is 7.11 Å². The van der Waals surface area contributed by atoms with Crippen LogP contribution >= 0.6 is 23.2 Å². The molecule has 6 aromatic rings. The minimum atomic E-state index is -0.468. The van der Waals surface area contributed by atoms with Crippen LogP contribution < -0.4 is 9.64 Å². The summed E-state index contributed by atoms with van der Waals surface area (Å²) < 4.78 is 15.2. The van der Waals surface area contributed by atoms with E-state index in [0.717, 1.165) is 66.3 Å². The highest BCUT2D eigenvalue weighted by atomic mass is 35.5. The van der Waals surface area contributed by atoms with Gasteiger partial charge in [-0.2, -0.15) is 5.10 Å². The fourth-order valence-electron chi connectivity index (χ4n) is 7.52. The minimum Gasteiger partial charge on any atom is -0.494 e. The van der Waals surface area contributed by atoms with Crippen molar-refractivity contribution in [2.75, 3.05) is 25.2 Å². The number of carbonyl (C=O) groups excluding carboxylic acids is 2. The monoisotopic (exact) mass is 711 g/mol. The number of aryl methyl sites for hydroxylation is 5. The van der Waals surface area contributed by atoms with Crippen molar-refractivity contribution >= 4 is 62.6 Å². The zero-order chi connectivity index (χ0) is 35.6. The van der Waals surface area contributed by atoms with Crippen molar-refractivity contribution in [2.24, 2.45) is 7.05 Å². The van der Waals surface area contributed by atoms with Gasteiger partial charge in [-0.3, -0.25) is 9.48 Å². The Morgan fingerprint density at radius 2 is 1.78 bits per heavy atom. The van der Waals surface area contributed by atoms with E-state index in [4.69, 9.17) is 37.8 Å². The number of aromatic nitrogens is 4. The molecule has 0 spiro atoms. The highest BCUT2D eigenvalue weighted by Crippen LogP contribution is 2.45. The van der Waals surface area contributed by atoms with E-state index in [2.05, 4.69) is 16.5 Å². The Hall–Kier alpha value is -4.73. The van der Waals surface area contributed by atoms with Crippen LogP contribution in [-0.4, -0.2) is 51.5 Å². The number of nitrogens with zero attached hydrogens (tertiary/aromatic N) is 4. The van der Waals surface area contributed by atoms with Gasteiger partial charge >= 0.3 is 5.97 Å². The molecule has 0 fully saturated rings. The van der Waals surface area contributed by atoms with E-state index in [9.17, 15) is 9.59 Å². The van der Waals surface area contributed by atoms with Gasteiger partial charge in [-0.05, 0) is 94.5 Å². The van der Waals surface area contributed by atoms with Crippen molar-refractivity contribution in [1.82, 2.24) is 19.3 Å². The molecule has 9 nitrogen and oxygen atoms in total. The maximum atomic E-state index is 14.9. The Kier molecular flexibility index (Phi) is 8.68. The van der Waals surface area contributed by atoms with Crippen molar-refractivity contribution in [3.05, 3.63) is 98.0 Å². The lowest BCUT2D eigenvalue weighted by molar-refractivity contribution is 0.0595. The molecule has 0 aliphatic carbocycles. The summed E-state index contributed by atoms with van der Waals surface area (Å²) in [5, 5.41) is 7.85. The average molecular weight is 713 g/mol. The molecule has 0 radical (unpaired) electrons. The van der Waals surface area contributed by atoms with E-state index in [1.807, 2.05) is 86.8 Å². The smallest absolute Gasteiger partial charge is 0.354 e. The number of aromatic amines is 1. The minimum absolute atomic E-state index is 0.116. The number of halogens is 2. The number of nitrogens with one attached hydrogen (secondary N) is 1. The summed E-state index contributed by atoms with van der Waals surface area (Å²) in [4.78, 5) is 32.4. The van der Waals surface area contributed by atoms with Crippen molar-refractivity contribution in [1.29, 1.82) is 0 Å². The van der Waals surface area contributed by atoms with Crippen LogP contribution in [0.4, 0.5) is 5.69 Å². The number of carbonyl (C=O) groups is 2. The third-order valence-electron chi connectivity index (χ3n) is 9.89. The van der Waals surface area contributed by atoms with Gasteiger partial charge in [0.2, 0.25) is 0 Å². The zero-order valence-corrected chi connectivity index (χ0v) is 30.7. The summed E-state index contributed by atoms with van der Waals surface area (Å²) in [6.07, 6.45) is 1.27. The van der Waals surface area contributed by atoms with Crippen LogP contribution in [-0.2, 0) is 18.2 Å². The first-order chi connectivity index (χ1) is 23.9. The summed E-state index contributed by atoms with van der Waals surface area (Å²) in [6.45, 7) is 11.0. The van der Waals surface area contributed by atoms with E-state index < -0.39 is 5.97 Å². The molecular formula is C39H39Cl2N5O4. The molecule has 1 aliphatic rings. The maximum absolute atomic E-state index is 14.9. The van der Waals surface area contributed by atoms with Gasteiger partial charge in [0.1, 0.15) is 17.1 Å². The second-order valence-corrected chi connectivity index (χ2v) is 14.0. The summed E-state index contributed by atoms with van der Waals surface area (Å²) in [5.74, 6) is 0.179. The van der Waals surface area contributed by atoms with Crippen LogP contribution in [0.1, 0.15) is 68.4 Å². The number of methoxy groups -OCH3 is 1. The second kappa shape index (κ2) is 12.9. The Morgan fingerprint density at radius 1 is 1.04 bits per heavy atom. The highest BCUT2D eigenvalue weighted by Gasteiger charge is 2.37. The molecule has 1 atom stereocenters. The largest absolute Gasteiger partial charge is 0.494 e. The number of hydrogen-bond acceptors (Lipinski definition) is 5. The number of fused-ring (bicyclic) bond motifs is 4. The average Bonchev–Trinajstić information content (AvgIpc) is 3.75. The molecule has 1 aliphatic heterocycles. The standard InChI is InChI=1S/C39H39Cl2N5O4/c1-20-16-26(17-21(2)34(20)41)50-15-9-11-27-28-13-14-29(40)33(32-23(4)43-44(6)24(32)5)36(28)46-22(3)19-45(38(47)37(27)46)31-12-8-10-25-18-30(39(48)49-7)42-35(25)31/h8,10,12-14,16-18,22,42H,9,11,15,19H2,1-7H3/t22-/m1/s1. The van der Waals surface area contributed by atoms with Crippen molar-refractivity contribution in [3.63, 3.8) is 0 Å². The first-order valence-electron chi connectivity index (χ1n) is 16.7. The first-order valence-corrected chi connectivity index (χ1v) is 17.4. The Balaban J connectivity index is 1.36. The Morgan fingerprint density at radius 3 is 2.46 bits per heavy atom. The normalized spacial score (nSPS) is 14.5. The fraction of sp³-hybridized carbons (Fsp3) is 0.308. The summed E-state index contributed by atoms with van der Waals surface area (Å²) >= 11 is 13.5. The predicted octanol–water partition coefficient (Wildman–Crippen LogP) is 9.08. The van der Waals surface area contributed by atoms with Gasteiger partial charge in [-0.15, -0.1) is 0 Å². The van der Waals surface area contributed by atoms with E-state index >= 15 is 0 Å². The van der Waals surface area contributed by atoms with Gasteiger partial charge in [-0.25, -0.2) is 4.79 Å². The second-order valence-electron chi connectivity index (χ2n) is 13.2. The Bertz CT molecular complexity index is 2330. The first kappa shape index (κ1) is 33.8. The molecule has 0 saturated heterocycles. The number of anilines is 1. The molecule has 50 heavy (non-hydrogen) atoms. The van der Waals surface area contributed by atoms with Crippen LogP contribution in [0, 0.1) is 27.7 Å². The van der Waals surface area contributed by atoms with Crippen LogP contribution in [0.2, 0.25) is 10.0 Å². The quantitative estimate of drug-likeness (QED) is 0.126. The lowest BCUT2D eigenvalue weighted by Crippen LogP contribution is -2.42. The van der Waals surface area contributed by atoms with Gasteiger partial charge < -0.3 is 23.9 Å². The van der Waals surface area contributed by atoms with Crippen molar-refractivity contribution in [3.8, 4) is 16.9 Å². The van der Waals surface area contributed by atoms with Gasteiger partial charge in [0.15, 0.2) is 0 Å². The van der Waals surface area contributed by atoms with Crippen LogP contribution in [0.5, 0.6) is 5.75 Å². The molecule has 3 aromatic heterocycles. The predicted molar refractivity (Wildman–Crippen MR) is 199 cm³/mol. The lowest BCUT2D eigenvalue weighted by atomic mass is 9.98. The number of para-hydroxylation sites is 1. The van der Waals surface area contributed by atoms with E-state index in [0.29, 0.717) is 53.6 Å². The van der Waals surface area contributed by atoms with Gasteiger partial charge in [-0.1, -0.05) is 41.4 Å². The molecule has 4 heterocycles. The zero-order valence-electron chi connectivity index (χ0n) is 29.2. The number of hydrogen-bond donors (Lipinski definition) is 1. The number of benzene rings is 3. The molecule has 1 amide bonds. The van der Waals surface area contributed by atoms with Crippen LogP contribution in [0.25, 0.3) is 32.9 Å². The summed E-state index contributed by atoms with van der Waals surface area (Å²) in [6, 6.07) is 15.2. The van der Waals surface area contributed by atoms with Gasteiger partial charge in [0.05, 0.1) is 41.2 Å². The van der Waals surface area contributed by atoms with E-state index in [-0.39, 0.29) is 11.9 Å². The van der Waals surface area contributed by atoms with Gasteiger partial charge in [0, 0.05) is 52.3 Å². The molecular weight excluding hydrogens is 673 g/mol. The fourth-order valence-corrected chi connectivity index (χ4v) is 7.88. The highest BCUT2D eigenvalue weighted by molar-refractivity contribution is 6.35. The maximum Gasteiger partial charge on any atom is 0.354 e. The van der Waals surface area contributed by atoms with Gasteiger partial charge in [0.25, 0.3) is 5.91 Å². The number of H-pyrrole nitrogens is 1. The number of ether oxygens (including phenoxy) is 2. The molecule has 0 unspecified atom stereocenters. The molecule has 0 bridgehead atoms. The molecule has 1 N–H and O–H groups in total. The number of esters is 1. The third-order valence-corrected chi connectivity index (χ3v) is 10.8. The molecule has 7 rings (SSSR count). The van der Waals surface area contributed by atoms with Crippen molar-refractivity contribution < 1.29 is 19.1 Å². The van der Waals surface area contributed by atoms with Crippen LogP contribution in [0.15, 0.2) is 48.5 Å². The molecule has 0 saturated carbocycles. The topological polar surface area (TPSA) is 94.4 Å². The molecule has 11 heteroatoms. The van der Waals surface area contributed by atoms with Crippen LogP contribution in [0.3, 0.4) is 0 Å². The summed E-state index contributed by atoms with van der Waals surface area (Å²) in [5.41, 5.74) is 9.87. The third kappa shape index (κ3) is 5.43.